The monoisotopic (exact) mass is 374 g/mol. The van der Waals surface area contributed by atoms with Gasteiger partial charge in [-0.2, -0.15) is 0 Å². The van der Waals surface area contributed by atoms with Crippen LogP contribution in [0.4, 0.5) is 4.39 Å². The number of rotatable bonds is 4. The lowest BCUT2D eigenvalue weighted by Crippen LogP contribution is -2.40. The number of amides is 1. The summed E-state index contributed by atoms with van der Waals surface area (Å²) in [6.45, 7) is 0.585. The number of hydrogen-bond acceptors (Lipinski definition) is 3. The molecule has 1 saturated carbocycles. The SMILES string of the molecule is Cl.Cl.NCC1CCCC1NC(=O)c1cncn1-c1ccc(F)cc1. The van der Waals surface area contributed by atoms with Gasteiger partial charge in [-0.05, 0) is 49.6 Å². The van der Waals surface area contributed by atoms with Crippen LogP contribution in [0, 0.1) is 11.7 Å². The highest BCUT2D eigenvalue weighted by molar-refractivity contribution is 5.93. The third kappa shape index (κ3) is 4.26. The topological polar surface area (TPSA) is 72.9 Å². The van der Waals surface area contributed by atoms with Crippen LogP contribution >= 0.6 is 24.8 Å². The van der Waals surface area contributed by atoms with E-state index in [1.807, 2.05) is 0 Å². The zero-order valence-electron chi connectivity index (χ0n) is 13.0. The van der Waals surface area contributed by atoms with Crippen molar-refractivity contribution in [3.8, 4) is 5.69 Å². The molecule has 1 aromatic heterocycles. The van der Waals surface area contributed by atoms with Gasteiger partial charge in [0, 0.05) is 11.7 Å². The first-order valence-corrected chi connectivity index (χ1v) is 7.48. The molecule has 3 N–H and O–H groups in total. The highest BCUT2D eigenvalue weighted by Gasteiger charge is 2.28. The maximum Gasteiger partial charge on any atom is 0.270 e. The lowest BCUT2D eigenvalue weighted by molar-refractivity contribution is 0.0922. The third-order valence-electron chi connectivity index (χ3n) is 4.25. The van der Waals surface area contributed by atoms with Crippen LogP contribution < -0.4 is 11.1 Å². The largest absolute Gasteiger partial charge is 0.348 e. The molecule has 0 spiro atoms. The van der Waals surface area contributed by atoms with E-state index in [1.165, 1.54) is 18.3 Å². The number of aromatic nitrogens is 2. The highest BCUT2D eigenvalue weighted by Crippen LogP contribution is 2.25. The predicted octanol–water partition coefficient (Wildman–Crippen LogP) is 2.71. The van der Waals surface area contributed by atoms with E-state index in [0.717, 1.165) is 19.3 Å². The normalized spacial score (nSPS) is 19.2. The average Bonchev–Trinajstić information content (AvgIpc) is 3.16. The fourth-order valence-electron chi connectivity index (χ4n) is 3.02. The Hall–Kier alpha value is -1.63. The van der Waals surface area contributed by atoms with Crippen molar-refractivity contribution in [3.05, 3.63) is 48.3 Å². The molecule has 0 bridgehead atoms. The van der Waals surface area contributed by atoms with Crippen LogP contribution in [0.2, 0.25) is 0 Å². The maximum atomic E-state index is 13.0. The maximum absolute atomic E-state index is 13.0. The standard InChI is InChI=1S/C16H19FN4O.2ClH/c17-12-4-6-13(7-5-12)21-10-19-9-15(21)16(22)20-14-3-1-2-11(14)8-18;;/h4-7,9-11,14H,1-3,8,18H2,(H,20,22);2*1H. The van der Waals surface area contributed by atoms with Crippen molar-refractivity contribution >= 4 is 30.7 Å². The minimum absolute atomic E-state index is 0. The molecule has 0 saturated heterocycles. The molecule has 132 valence electrons. The smallest absolute Gasteiger partial charge is 0.270 e. The van der Waals surface area contributed by atoms with Gasteiger partial charge in [-0.3, -0.25) is 9.36 Å². The molecule has 5 nitrogen and oxygen atoms in total. The molecule has 1 aliphatic rings. The van der Waals surface area contributed by atoms with E-state index < -0.39 is 0 Å². The number of nitrogens with two attached hydrogens (primary N) is 1. The first-order valence-electron chi connectivity index (χ1n) is 7.48. The first kappa shape index (κ1) is 20.4. The van der Waals surface area contributed by atoms with Crippen molar-refractivity contribution in [2.24, 2.45) is 11.7 Å². The fourth-order valence-corrected chi connectivity index (χ4v) is 3.02. The highest BCUT2D eigenvalue weighted by atomic mass is 35.5. The third-order valence-corrected chi connectivity index (χ3v) is 4.25. The Morgan fingerprint density at radius 1 is 1.29 bits per heavy atom. The number of carbonyl (C=O) groups is 1. The number of hydrogen-bond donors (Lipinski definition) is 2. The lowest BCUT2D eigenvalue weighted by Gasteiger charge is -2.19. The number of imidazole rings is 1. The van der Waals surface area contributed by atoms with Crippen LogP contribution in [0.15, 0.2) is 36.8 Å². The summed E-state index contributed by atoms with van der Waals surface area (Å²) in [5, 5.41) is 3.05. The van der Waals surface area contributed by atoms with Crippen molar-refractivity contribution in [3.63, 3.8) is 0 Å². The minimum Gasteiger partial charge on any atom is -0.348 e. The minimum atomic E-state index is -0.313. The number of carbonyl (C=O) groups excluding carboxylic acids is 1. The molecule has 2 aromatic rings. The number of nitrogens with zero attached hydrogens (tertiary/aromatic N) is 2. The summed E-state index contributed by atoms with van der Waals surface area (Å²) in [4.78, 5) is 16.5. The summed E-state index contributed by atoms with van der Waals surface area (Å²) in [6.07, 6.45) is 6.17. The molecule has 0 radical (unpaired) electrons. The molecule has 3 rings (SSSR count). The number of benzene rings is 1. The van der Waals surface area contributed by atoms with Crippen molar-refractivity contribution in [1.82, 2.24) is 14.9 Å². The van der Waals surface area contributed by atoms with Gasteiger partial charge in [0.05, 0.1) is 12.5 Å². The quantitative estimate of drug-likeness (QED) is 0.863. The first-order chi connectivity index (χ1) is 10.7. The van der Waals surface area contributed by atoms with Crippen molar-refractivity contribution in [2.75, 3.05) is 6.54 Å². The number of nitrogens with one attached hydrogen (secondary N) is 1. The molecule has 2 atom stereocenters. The van der Waals surface area contributed by atoms with Gasteiger partial charge in [0.1, 0.15) is 11.5 Å². The van der Waals surface area contributed by atoms with Gasteiger partial charge in [0.15, 0.2) is 0 Å². The predicted molar refractivity (Wildman–Crippen MR) is 95.7 cm³/mol. The van der Waals surface area contributed by atoms with E-state index in [-0.39, 0.29) is 42.6 Å². The summed E-state index contributed by atoms with van der Waals surface area (Å²) in [5.41, 5.74) is 6.89. The number of halogens is 3. The van der Waals surface area contributed by atoms with Gasteiger partial charge in [-0.1, -0.05) is 6.42 Å². The molecule has 1 fully saturated rings. The molecule has 24 heavy (non-hydrogen) atoms. The second kappa shape index (κ2) is 9.01. The van der Waals surface area contributed by atoms with Crippen LogP contribution in [0.3, 0.4) is 0 Å². The van der Waals surface area contributed by atoms with E-state index in [4.69, 9.17) is 5.73 Å². The Labute approximate surface area is 152 Å². The van der Waals surface area contributed by atoms with Gasteiger partial charge in [0.2, 0.25) is 0 Å². The Morgan fingerprint density at radius 3 is 2.67 bits per heavy atom. The van der Waals surface area contributed by atoms with Crippen molar-refractivity contribution < 1.29 is 9.18 Å². The van der Waals surface area contributed by atoms with Crippen LogP contribution in [-0.4, -0.2) is 28.0 Å². The summed E-state index contributed by atoms with van der Waals surface area (Å²) < 4.78 is 14.7. The van der Waals surface area contributed by atoms with Crippen LogP contribution in [-0.2, 0) is 0 Å². The Bertz CT molecular complexity index is 662. The molecule has 2 unspecified atom stereocenters. The molecule has 1 heterocycles. The molecule has 1 aliphatic carbocycles. The van der Waals surface area contributed by atoms with E-state index in [9.17, 15) is 9.18 Å². The zero-order chi connectivity index (χ0) is 15.5. The van der Waals surface area contributed by atoms with Crippen LogP contribution in [0.25, 0.3) is 5.69 Å². The summed E-state index contributed by atoms with van der Waals surface area (Å²) in [5.74, 6) is -0.148. The Kier molecular flexibility index (Phi) is 7.66. The second-order valence-electron chi connectivity index (χ2n) is 5.63. The fraction of sp³-hybridized carbons (Fsp3) is 0.375. The summed E-state index contributed by atoms with van der Waals surface area (Å²) in [6, 6.07) is 6.07. The van der Waals surface area contributed by atoms with Gasteiger partial charge in [-0.15, -0.1) is 24.8 Å². The van der Waals surface area contributed by atoms with Crippen LogP contribution in [0.5, 0.6) is 0 Å². The molecule has 1 aromatic carbocycles. The van der Waals surface area contributed by atoms with Gasteiger partial charge < -0.3 is 11.1 Å². The summed E-state index contributed by atoms with van der Waals surface area (Å²) >= 11 is 0. The molecular formula is C16H21Cl2FN4O. The molecule has 8 heteroatoms. The van der Waals surface area contributed by atoms with Gasteiger partial charge >= 0.3 is 0 Å². The van der Waals surface area contributed by atoms with E-state index in [2.05, 4.69) is 10.3 Å². The lowest BCUT2D eigenvalue weighted by atomic mass is 10.0. The van der Waals surface area contributed by atoms with Crippen molar-refractivity contribution in [1.29, 1.82) is 0 Å². The van der Waals surface area contributed by atoms with Crippen molar-refractivity contribution in [2.45, 2.75) is 25.3 Å². The molecule has 1 amide bonds. The van der Waals surface area contributed by atoms with E-state index in [1.54, 1.807) is 23.0 Å². The second-order valence-corrected chi connectivity index (χ2v) is 5.63. The zero-order valence-corrected chi connectivity index (χ0v) is 14.7. The molecular weight excluding hydrogens is 354 g/mol. The Morgan fingerprint density at radius 2 is 2.00 bits per heavy atom. The van der Waals surface area contributed by atoms with Gasteiger partial charge in [-0.25, -0.2) is 9.37 Å². The van der Waals surface area contributed by atoms with E-state index in [0.29, 0.717) is 23.8 Å². The average molecular weight is 375 g/mol. The molecule has 0 aliphatic heterocycles. The van der Waals surface area contributed by atoms with E-state index >= 15 is 0 Å². The van der Waals surface area contributed by atoms with Crippen LogP contribution in [0.1, 0.15) is 29.8 Å². The Balaban J connectivity index is 0.00000144. The summed E-state index contributed by atoms with van der Waals surface area (Å²) in [7, 11) is 0. The van der Waals surface area contributed by atoms with Gasteiger partial charge in [0.25, 0.3) is 5.91 Å².